The predicted octanol–water partition coefficient (Wildman–Crippen LogP) is 0.230. The van der Waals surface area contributed by atoms with E-state index in [2.05, 4.69) is 0 Å². The molecule has 0 aliphatic carbocycles. The third-order valence-corrected chi connectivity index (χ3v) is 1.16. The molecule has 0 atom stereocenters. The Hall–Kier alpha value is -1.32. The van der Waals surface area contributed by atoms with E-state index < -0.39 is 17.1 Å². The van der Waals surface area contributed by atoms with Crippen molar-refractivity contribution in [2.45, 2.75) is 0 Å². The van der Waals surface area contributed by atoms with Gasteiger partial charge in [-0.3, -0.25) is 4.79 Å². The van der Waals surface area contributed by atoms with Crippen molar-refractivity contribution in [2.24, 2.45) is 7.05 Å². The number of pyridine rings is 1. The number of aromatic hydroxyl groups is 1. The molecular weight excluding hydrogens is 137 g/mol. The van der Waals surface area contributed by atoms with Gasteiger partial charge in [0.1, 0.15) is 0 Å². The molecule has 0 saturated heterocycles. The molecular formula is C6H6FNO2. The van der Waals surface area contributed by atoms with Gasteiger partial charge in [-0.1, -0.05) is 0 Å². The monoisotopic (exact) mass is 143 g/mol. The number of aryl methyl sites for hydroxylation is 1. The first-order valence-corrected chi connectivity index (χ1v) is 2.66. The quantitative estimate of drug-likeness (QED) is 0.564. The fourth-order valence-electron chi connectivity index (χ4n) is 0.587. The number of hydrogen-bond donors (Lipinski definition) is 1. The number of halogens is 1. The second kappa shape index (κ2) is 2.13. The van der Waals surface area contributed by atoms with Gasteiger partial charge >= 0.3 is 0 Å². The van der Waals surface area contributed by atoms with Gasteiger partial charge in [0.25, 0.3) is 5.56 Å². The lowest BCUT2D eigenvalue weighted by molar-refractivity contribution is 0.425. The molecule has 0 bridgehead atoms. The Kier molecular flexibility index (Phi) is 1.45. The van der Waals surface area contributed by atoms with Gasteiger partial charge in [-0.25, -0.2) is 4.39 Å². The van der Waals surface area contributed by atoms with Gasteiger partial charge < -0.3 is 9.67 Å². The number of nitrogens with zero attached hydrogens (tertiary/aromatic N) is 1. The third kappa shape index (κ3) is 1.00. The summed E-state index contributed by atoms with van der Waals surface area (Å²) in [5.74, 6) is -1.40. The van der Waals surface area contributed by atoms with Gasteiger partial charge in [0.2, 0.25) is 0 Å². The van der Waals surface area contributed by atoms with Crippen LogP contribution in [0.15, 0.2) is 17.1 Å². The van der Waals surface area contributed by atoms with Gasteiger partial charge in [0, 0.05) is 19.3 Å². The van der Waals surface area contributed by atoms with Crippen LogP contribution in [0.1, 0.15) is 0 Å². The first kappa shape index (κ1) is 6.80. The van der Waals surface area contributed by atoms with Gasteiger partial charge in [-0.05, 0) is 0 Å². The van der Waals surface area contributed by atoms with Crippen LogP contribution in [0.25, 0.3) is 0 Å². The van der Waals surface area contributed by atoms with Crippen LogP contribution in [0.2, 0.25) is 0 Å². The maximum absolute atomic E-state index is 12.3. The van der Waals surface area contributed by atoms with Crippen LogP contribution in [-0.2, 0) is 7.05 Å². The zero-order valence-corrected chi connectivity index (χ0v) is 5.34. The Morgan fingerprint density at radius 3 is 2.80 bits per heavy atom. The molecule has 1 N–H and O–H groups in total. The Morgan fingerprint density at radius 2 is 2.30 bits per heavy atom. The number of aromatic nitrogens is 1. The summed E-state index contributed by atoms with van der Waals surface area (Å²) in [6, 6.07) is 0.829. The molecule has 1 rings (SSSR count). The average molecular weight is 143 g/mol. The second-order valence-electron chi connectivity index (χ2n) is 1.96. The zero-order valence-electron chi connectivity index (χ0n) is 5.34. The van der Waals surface area contributed by atoms with Gasteiger partial charge in [-0.2, -0.15) is 0 Å². The lowest BCUT2D eigenvalue weighted by Crippen LogP contribution is -2.14. The largest absolute Gasteiger partial charge is 0.505 e. The third-order valence-electron chi connectivity index (χ3n) is 1.16. The molecule has 0 aromatic carbocycles. The molecule has 0 spiro atoms. The highest BCUT2D eigenvalue weighted by Gasteiger charge is 2.00. The molecule has 54 valence electrons. The van der Waals surface area contributed by atoms with Crippen LogP contribution < -0.4 is 5.56 Å². The van der Waals surface area contributed by atoms with Gasteiger partial charge in [0.05, 0.1) is 0 Å². The summed E-state index contributed by atoms with van der Waals surface area (Å²) in [7, 11) is 1.41. The molecule has 1 aromatic rings. The first-order valence-electron chi connectivity index (χ1n) is 2.66. The lowest BCUT2D eigenvalue weighted by Gasteiger charge is -1.96. The van der Waals surface area contributed by atoms with Crippen molar-refractivity contribution in [3.8, 4) is 5.75 Å². The molecule has 0 amide bonds. The topological polar surface area (TPSA) is 42.2 Å². The van der Waals surface area contributed by atoms with E-state index in [1.54, 1.807) is 0 Å². The van der Waals surface area contributed by atoms with E-state index in [1.165, 1.54) is 7.05 Å². The lowest BCUT2D eigenvalue weighted by atomic mass is 10.4. The standard InChI is InChI=1S/C6H6FNO2/c1-8-3-4(7)5(9)2-6(8)10/h2-3,9H,1H3. The molecule has 3 nitrogen and oxygen atoms in total. The van der Waals surface area contributed by atoms with Crippen molar-refractivity contribution < 1.29 is 9.50 Å². The number of rotatable bonds is 0. The molecule has 0 saturated carbocycles. The van der Waals surface area contributed by atoms with Crippen molar-refractivity contribution >= 4 is 0 Å². The molecule has 0 aliphatic rings. The Balaban J connectivity index is 3.43. The minimum atomic E-state index is -0.790. The Morgan fingerprint density at radius 1 is 1.70 bits per heavy atom. The normalized spacial score (nSPS) is 9.80. The highest BCUT2D eigenvalue weighted by molar-refractivity contribution is 5.17. The van der Waals surface area contributed by atoms with E-state index in [-0.39, 0.29) is 0 Å². The fraction of sp³-hybridized carbons (Fsp3) is 0.167. The summed E-state index contributed by atoms with van der Waals surface area (Å²) in [5.41, 5.74) is -0.432. The summed E-state index contributed by atoms with van der Waals surface area (Å²) < 4.78 is 13.4. The molecule has 0 fully saturated rings. The Labute approximate surface area is 56.3 Å². The Bertz CT molecular complexity index is 305. The van der Waals surface area contributed by atoms with Crippen molar-refractivity contribution in [2.75, 3.05) is 0 Å². The zero-order chi connectivity index (χ0) is 7.72. The van der Waals surface area contributed by atoms with E-state index in [0.717, 1.165) is 16.8 Å². The average Bonchev–Trinajstić information content (AvgIpc) is 1.84. The minimum absolute atomic E-state index is 0.432. The molecule has 4 heteroatoms. The predicted molar refractivity (Wildman–Crippen MR) is 33.3 cm³/mol. The van der Waals surface area contributed by atoms with Crippen molar-refractivity contribution in [3.05, 3.63) is 28.4 Å². The summed E-state index contributed by atoms with van der Waals surface area (Å²) in [4.78, 5) is 10.6. The minimum Gasteiger partial charge on any atom is -0.505 e. The van der Waals surface area contributed by atoms with Crippen molar-refractivity contribution in [1.82, 2.24) is 4.57 Å². The summed E-state index contributed by atoms with van der Waals surface area (Å²) >= 11 is 0. The van der Waals surface area contributed by atoms with Crippen LogP contribution in [0, 0.1) is 5.82 Å². The van der Waals surface area contributed by atoms with Crippen LogP contribution in [0.4, 0.5) is 4.39 Å². The van der Waals surface area contributed by atoms with E-state index in [1.807, 2.05) is 0 Å². The summed E-state index contributed by atoms with van der Waals surface area (Å²) in [5, 5.41) is 8.64. The van der Waals surface area contributed by atoms with Gasteiger partial charge in [-0.15, -0.1) is 0 Å². The molecule has 0 unspecified atom stereocenters. The number of hydrogen-bond acceptors (Lipinski definition) is 2. The maximum atomic E-state index is 12.3. The van der Waals surface area contributed by atoms with E-state index in [4.69, 9.17) is 5.11 Å². The van der Waals surface area contributed by atoms with E-state index >= 15 is 0 Å². The summed E-state index contributed by atoms with van der Waals surface area (Å²) in [6.45, 7) is 0. The van der Waals surface area contributed by atoms with Crippen LogP contribution in [0.3, 0.4) is 0 Å². The molecule has 0 radical (unpaired) electrons. The summed E-state index contributed by atoms with van der Waals surface area (Å²) in [6.07, 6.45) is 0.928. The smallest absolute Gasteiger partial charge is 0.254 e. The molecule has 0 aliphatic heterocycles. The highest BCUT2D eigenvalue weighted by atomic mass is 19.1. The van der Waals surface area contributed by atoms with Crippen LogP contribution >= 0.6 is 0 Å². The van der Waals surface area contributed by atoms with Crippen molar-refractivity contribution in [3.63, 3.8) is 0 Å². The second-order valence-corrected chi connectivity index (χ2v) is 1.96. The molecule has 1 aromatic heterocycles. The van der Waals surface area contributed by atoms with Crippen LogP contribution in [-0.4, -0.2) is 9.67 Å². The maximum Gasteiger partial charge on any atom is 0.254 e. The molecule has 10 heavy (non-hydrogen) atoms. The van der Waals surface area contributed by atoms with Crippen LogP contribution in [0.5, 0.6) is 5.75 Å². The first-order chi connectivity index (χ1) is 4.61. The molecule has 1 heterocycles. The SMILES string of the molecule is Cn1cc(F)c(O)cc1=O. The van der Waals surface area contributed by atoms with Crippen molar-refractivity contribution in [1.29, 1.82) is 0 Å². The highest BCUT2D eigenvalue weighted by Crippen LogP contribution is 2.08. The van der Waals surface area contributed by atoms with E-state index in [0.29, 0.717) is 0 Å². The van der Waals surface area contributed by atoms with E-state index in [9.17, 15) is 9.18 Å². The fourth-order valence-corrected chi connectivity index (χ4v) is 0.587. The van der Waals surface area contributed by atoms with Gasteiger partial charge in [0.15, 0.2) is 11.6 Å².